The van der Waals surface area contributed by atoms with Crippen LogP contribution in [0.25, 0.3) is 22.3 Å². The quantitative estimate of drug-likeness (QED) is 0.178. The summed E-state index contributed by atoms with van der Waals surface area (Å²) in [6, 6.07) is 12.3. The van der Waals surface area contributed by atoms with E-state index >= 15 is 0 Å². The predicted octanol–water partition coefficient (Wildman–Crippen LogP) is 8.84. The highest BCUT2D eigenvalue weighted by Crippen LogP contribution is 2.49. The molecular formula is C44H44N8O2. The van der Waals surface area contributed by atoms with Crippen molar-refractivity contribution >= 4 is 34.6 Å². The zero-order valence-electron chi connectivity index (χ0n) is 32.5. The molecule has 0 bridgehead atoms. The highest BCUT2D eigenvalue weighted by molar-refractivity contribution is 6.14. The van der Waals surface area contributed by atoms with Crippen LogP contribution < -0.4 is 9.80 Å². The molecule has 6 aromatic rings. The SMILES string of the molecule is Cc1ncc(-c2ccc3c(c2)N(c2cncc(C)c2C)C(=O)C3(C)C)cn1.Cc1ncc(-c2ccc3c(c2)N(c2cncc(C)c2C)C(=O)C3(C)C)cn1. The molecular weight excluding hydrogens is 673 g/mol. The first-order chi connectivity index (χ1) is 25.6. The van der Waals surface area contributed by atoms with E-state index in [-0.39, 0.29) is 11.8 Å². The third-order valence-corrected chi connectivity index (χ3v) is 10.9. The van der Waals surface area contributed by atoms with Gasteiger partial charge in [0.15, 0.2) is 0 Å². The second kappa shape index (κ2) is 13.4. The van der Waals surface area contributed by atoms with Gasteiger partial charge in [-0.15, -0.1) is 0 Å². The van der Waals surface area contributed by atoms with Gasteiger partial charge in [0.25, 0.3) is 0 Å². The molecule has 0 N–H and O–H groups in total. The molecule has 0 radical (unpaired) electrons. The van der Waals surface area contributed by atoms with Gasteiger partial charge in [0, 0.05) is 48.3 Å². The first-order valence-electron chi connectivity index (χ1n) is 18.0. The highest BCUT2D eigenvalue weighted by atomic mass is 16.2. The Balaban J connectivity index is 0.000000167. The van der Waals surface area contributed by atoms with Crippen LogP contribution in [-0.2, 0) is 20.4 Å². The molecule has 0 unspecified atom stereocenters. The standard InChI is InChI=1S/2C22H22N4O/c2*1-13-9-23-12-20(14(13)2)26-19-8-16(17-10-24-15(3)25-11-17)6-7-18(19)22(4,5)21(26)27/h2*6-12H,1-5H3. The minimum absolute atomic E-state index is 0.0605. The monoisotopic (exact) mass is 716 g/mol. The predicted molar refractivity (Wildman–Crippen MR) is 212 cm³/mol. The highest BCUT2D eigenvalue weighted by Gasteiger charge is 2.46. The second-order valence-electron chi connectivity index (χ2n) is 15.2. The summed E-state index contributed by atoms with van der Waals surface area (Å²) in [5, 5.41) is 0. The molecule has 2 aromatic carbocycles. The molecule has 10 nitrogen and oxygen atoms in total. The van der Waals surface area contributed by atoms with E-state index in [0.29, 0.717) is 0 Å². The fraction of sp³-hybridized carbons (Fsp3) is 0.273. The van der Waals surface area contributed by atoms with Crippen molar-refractivity contribution in [2.45, 2.75) is 80.1 Å². The molecule has 0 fully saturated rings. The van der Waals surface area contributed by atoms with Gasteiger partial charge in [0.05, 0.1) is 46.0 Å². The van der Waals surface area contributed by atoms with E-state index in [1.807, 2.05) is 140 Å². The normalized spacial score (nSPS) is 15.1. The molecule has 0 atom stereocenters. The van der Waals surface area contributed by atoms with Crippen LogP contribution in [0, 0.1) is 41.5 Å². The molecule has 0 aliphatic carbocycles. The van der Waals surface area contributed by atoms with Crippen LogP contribution in [0.4, 0.5) is 22.7 Å². The summed E-state index contributed by atoms with van der Waals surface area (Å²) in [4.78, 5) is 56.1. The summed E-state index contributed by atoms with van der Waals surface area (Å²) in [7, 11) is 0. The number of aromatic nitrogens is 6. The Morgan fingerprint density at radius 2 is 0.796 bits per heavy atom. The maximum atomic E-state index is 13.3. The van der Waals surface area contributed by atoms with E-state index < -0.39 is 10.8 Å². The summed E-state index contributed by atoms with van der Waals surface area (Å²) in [5.41, 5.74) is 12.4. The van der Waals surface area contributed by atoms with Crippen LogP contribution in [0.2, 0.25) is 0 Å². The Morgan fingerprint density at radius 3 is 1.15 bits per heavy atom. The van der Waals surface area contributed by atoms with Crippen molar-refractivity contribution in [2.24, 2.45) is 0 Å². The number of amides is 2. The van der Waals surface area contributed by atoms with Crippen LogP contribution in [0.15, 0.2) is 86.0 Å². The largest absolute Gasteiger partial charge is 0.278 e. The molecule has 2 amide bonds. The zero-order valence-corrected chi connectivity index (χ0v) is 32.5. The number of aryl methyl sites for hydroxylation is 4. The molecule has 8 rings (SSSR count). The molecule has 0 saturated carbocycles. The van der Waals surface area contributed by atoms with Gasteiger partial charge in [-0.2, -0.15) is 0 Å². The summed E-state index contributed by atoms with van der Waals surface area (Å²) in [6.07, 6.45) is 14.5. The van der Waals surface area contributed by atoms with Crippen LogP contribution in [-0.4, -0.2) is 41.7 Å². The molecule has 2 aliphatic heterocycles. The van der Waals surface area contributed by atoms with Crippen molar-refractivity contribution in [2.75, 3.05) is 9.80 Å². The number of nitrogens with zero attached hydrogens (tertiary/aromatic N) is 8. The molecule has 2 aliphatic rings. The van der Waals surface area contributed by atoms with Crippen molar-refractivity contribution in [1.82, 2.24) is 29.9 Å². The molecule has 0 spiro atoms. The van der Waals surface area contributed by atoms with E-state index in [1.54, 1.807) is 12.4 Å². The zero-order chi connectivity index (χ0) is 38.7. The van der Waals surface area contributed by atoms with Crippen LogP contribution in [0.3, 0.4) is 0 Å². The Morgan fingerprint density at radius 1 is 0.444 bits per heavy atom. The molecule has 272 valence electrons. The minimum Gasteiger partial charge on any atom is -0.278 e. The van der Waals surface area contributed by atoms with Gasteiger partial charge in [-0.25, -0.2) is 19.9 Å². The third kappa shape index (κ3) is 6.01. The van der Waals surface area contributed by atoms with Crippen molar-refractivity contribution in [3.8, 4) is 22.3 Å². The molecule has 0 saturated heterocycles. The molecule has 10 heteroatoms. The van der Waals surface area contributed by atoms with Crippen LogP contribution >= 0.6 is 0 Å². The van der Waals surface area contributed by atoms with Crippen LogP contribution in [0.5, 0.6) is 0 Å². The molecule has 54 heavy (non-hydrogen) atoms. The number of rotatable bonds is 4. The van der Waals surface area contributed by atoms with Crippen molar-refractivity contribution in [1.29, 1.82) is 0 Å². The van der Waals surface area contributed by atoms with Gasteiger partial charge < -0.3 is 0 Å². The Kier molecular flexibility index (Phi) is 8.96. The maximum absolute atomic E-state index is 13.3. The summed E-state index contributed by atoms with van der Waals surface area (Å²) in [6.45, 7) is 19.7. The number of benzene rings is 2. The summed E-state index contributed by atoms with van der Waals surface area (Å²) in [5.74, 6) is 1.59. The van der Waals surface area contributed by atoms with Gasteiger partial charge in [0.2, 0.25) is 11.8 Å². The fourth-order valence-corrected chi connectivity index (χ4v) is 7.10. The van der Waals surface area contributed by atoms with Gasteiger partial charge in [-0.05, 0) is 126 Å². The lowest BCUT2D eigenvalue weighted by Gasteiger charge is -2.22. The fourth-order valence-electron chi connectivity index (χ4n) is 7.10. The lowest BCUT2D eigenvalue weighted by molar-refractivity contribution is -0.122. The summed E-state index contributed by atoms with van der Waals surface area (Å²) < 4.78 is 0. The topological polar surface area (TPSA) is 118 Å². The van der Waals surface area contributed by atoms with Crippen molar-refractivity contribution in [3.63, 3.8) is 0 Å². The third-order valence-electron chi connectivity index (χ3n) is 10.9. The second-order valence-corrected chi connectivity index (χ2v) is 15.2. The lowest BCUT2D eigenvalue weighted by Crippen LogP contribution is -2.33. The lowest BCUT2D eigenvalue weighted by atomic mass is 9.85. The van der Waals surface area contributed by atoms with E-state index in [0.717, 1.165) is 90.0 Å². The average Bonchev–Trinajstić information content (AvgIpc) is 3.47. The van der Waals surface area contributed by atoms with Crippen molar-refractivity contribution in [3.05, 3.63) is 131 Å². The minimum atomic E-state index is -0.589. The Hall–Kier alpha value is -6.16. The van der Waals surface area contributed by atoms with Gasteiger partial charge in [0.1, 0.15) is 11.6 Å². The first kappa shape index (κ1) is 36.2. The number of hydrogen-bond donors (Lipinski definition) is 0. The number of anilines is 4. The maximum Gasteiger partial charge on any atom is 0.241 e. The Labute approximate surface area is 316 Å². The number of carbonyl (C=O) groups excluding carboxylic acids is 2. The van der Waals surface area contributed by atoms with E-state index in [4.69, 9.17) is 0 Å². The Bertz CT molecular complexity index is 2280. The number of fused-ring (bicyclic) bond motifs is 2. The molecule has 4 aromatic heterocycles. The van der Waals surface area contributed by atoms with E-state index in [1.165, 1.54) is 0 Å². The average molecular weight is 717 g/mol. The van der Waals surface area contributed by atoms with Gasteiger partial charge in [-0.3, -0.25) is 29.4 Å². The smallest absolute Gasteiger partial charge is 0.241 e. The number of hydrogen-bond acceptors (Lipinski definition) is 8. The van der Waals surface area contributed by atoms with E-state index in [2.05, 4.69) is 42.0 Å². The first-order valence-corrected chi connectivity index (χ1v) is 18.0. The number of pyridine rings is 2. The number of carbonyl (C=O) groups is 2. The van der Waals surface area contributed by atoms with Gasteiger partial charge >= 0.3 is 0 Å². The van der Waals surface area contributed by atoms with Gasteiger partial charge in [-0.1, -0.05) is 24.3 Å². The van der Waals surface area contributed by atoms with Crippen LogP contribution in [0.1, 0.15) is 72.7 Å². The van der Waals surface area contributed by atoms with Crippen molar-refractivity contribution < 1.29 is 9.59 Å². The van der Waals surface area contributed by atoms with E-state index in [9.17, 15) is 9.59 Å². The summed E-state index contributed by atoms with van der Waals surface area (Å²) >= 11 is 0. The molecule has 6 heterocycles.